The van der Waals surface area contributed by atoms with Crippen LogP contribution in [0.1, 0.15) is 60.3 Å². The molecular weight excluding hydrogens is 370 g/mol. The molecule has 1 amide bonds. The molecule has 9 heteroatoms. The first kappa shape index (κ1) is 24.2. The van der Waals surface area contributed by atoms with Crippen LogP contribution in [-0.2, 0) is 33.3 Å². The maximum absolute atomic E-state index is 12.7. The van der Waals surface area contributed by atoms with Crippen molar-refractivity contribution in [1.82, 2.24) is 5.32 Å². The Morgan fingerprint density at radius 1 is 1.04 bits per heavy atom. The number of alkyl carbamates (subject to hydrolysis) is 1. The molecule has 1 rings (SSSR count). The highest BCUT2D eigenvalue weighted by molar-refractivity contribution is 6.07. The molecule has 0 bridgehead atoms. The smallest absolute Gasteiger partial charge is 0.409 e. The molecule has 9 nitrogen and oxygen atoms in total. The summed E-state index contributed by atoms with van der Waals surface area (Å²) in [5.41, 5.74) is -2.88. The van der Waals surface area contributed by atoms with Gasteiger partial charge in [-0.05, 0) is 53.9 Å². The summed E-state index contributed by atoms with van der Waals surface area (Å²) in [6.07, 6.45) is 1.16. The molecule has 0 aromatic rings. The lowest BCUT2D eigenvalue weighted by molar-refractivity contribution is -0.177. The number of hydrogen-bond acceptors (Lipinski definition) is 8. The highest BCUT2D eigenvalue weighted by atomic mass is 16.7. The predicted octanol–water partition coefficient (Wildman–Crippen LogP) is 2.31. The fourth-order valence-corrected chi connectivity index (χ4v) is 2.62. The van der Waals surface area contributed by atoms with Gasteiger partial charge in [0.05, 0.1) is 19.8 Å². The quantitative estimate of drug-likeness (QED) is 0.355. The summed E-state index contributed by atoms with van der Waals surface area (Å²) in [4.78, 5) is 37.7. The van der Waals surface area contributed by atoms with Gasteiger partial charge in [-0.25, -0.2) is 14.4 Å². The lowest BCUT2D eigenvalue weighted by Gasteiger charge is -2.32. The molecule has 0 radical (unpaired) electrons. The average Bonchev–Trinajstić information content (AvgIpc) is 2.60. The largest absolute Gasteiger partial charge is 0.464 e. The number of rotatable bonds is 9. The van der Waals surface area contributed by atoms with Crippen LogP contribution < -0.4 is 5.32 Å². The molecule has 0 aliphatic carbocycles. The van der Waals surface area contributed by atoms with Crippen LogP contribution in [0.2, 0.25) is 0 Å². The summed E-state index contributed by atoms with van der Waals surface area (Å²) in [6, 6.07) is 0. The predicted molar refractivity (Wildman–Crippen MR) is 99.5 cm³/mol. The van der Waals surface area contributed by atoms with Gasteiger partial charge in [-0.1, -0.05) is 0 Å². The first-order valence-corrected chi connectivity index (χ1v) is 9.73. The summed E-state index contributed by atoms with van der Waals surface area (Å²) in [5.74, 6) is -1.85. The Morgan fingerprint density at radius 3 is 2.11 bits per heavy atom. The van der Waals surface area contributed by atoms with Crippen LogP contribution in [0.5, 0.6) is 0 Å². The van der Waals surface area contributed by atoms with E-state index in [0.29, 0.717) is 6.61 Å². The lowest BCUT2D eigenvalue weighted by atomic mass is 9.95. The number of esters is 2. The van der Waals surface area contributed by atoms with Gasteiger partial charge in [0.2, 0.25) is 5.54 Å². The Hall–Kier alpha value is -1.87. The van der Waals surface area contributed by atoms with Crippen molar-refractivity contribution < 1.29 is 38.1 Å². The molecule has 1 heterocycles. The highest BCUT2D eigenvalue weighted by Crippen LogP contribution is 2.20. The van der Waals surface area contributed by atoms with Crippen molar-refractivity contribution in [2.24, 2.45) is 0 Å². The third kappa shape index (κ3) is 7.63. The molecule has 1 aliphatic heterocycles. The van der Waals surface area contributed by atoms with Crippen molar-refractivity contribution in [3.8, 4) is 0 Å². The number of amides is 1. The normalized spacial score (nSPS) is 17.5. The fourth-order valence-electron chi connectivity index (χ4n) is 2.62. The fraction of sp³-hybridized carbons (Fsp3) is 0.842. The molecule has 0 spiro atoms. The van der Waals surface area contributed by atoms with Crippen molar-refractivity contribution >= 4 is 18.0 Å². The number of ether oxygens (including phenoxy) is 5. The maximum Gasteiger partial charge on any atom is 0.409 e. The van der Waals surface area contributed by atoms with Crippen molar-refractivity contribution in [2.75, 3.05) is 26.4 Å². The van der Waals surface area contributed by atoms with Crippen LogP contribution in [0.4, 0.5) is 4.79 Å². The van der Waals surface area contributed by atoms with Gasteiger partial charge in [0.15, 0.2) is 6.29 Å². The van der Waals surface area contributed by atoms with Crippen LogP contribution in [0.3, 0.4) is 0 Å². The van der Waals surface area contributed by atoms with E-state index in [0.717, 1.165) is 19.3 Å². The van der Waals surface area contributed by atoms with Crippen LogP contribution in [0.25, 0.3) is 0 Å². The van der Waals surface area contributed by atoms with E-state index >= 15 is 0 Å². The Kier molecular flexibility index (Phi) is 9.68. The number of nitrogens with one attached hydrogen (secondary N) is 1. The number of carbonyl (C=O) groups is 3. The first-order valence-electron chi connectivity index (χ1n) is 9.73. The Bertz CT molecular complexity index is 505. The molecule has 1 unspecified atom stereocenters. The van der Waals surface area contributed by atoms with Crippen molar-refractivity contribution in [3.63, 3.8) is 0 Å². The third-order valence-electron chi connectivity index (χ3n) is 3.88. The van der Waals surface area contributed by atoms with E-state index in [2.05, 4.69) is 5.32 Å². The van der Waals surface area contributed by atoms with Crippen LogP contribution >= 0.6 is 0 Å². The summed E-state index contributed by atoms with van der Waals surface area (Å²) in [5, 5.41) is 2.36. The third-order valence-corrected chi connectivity index (χ3v) is 3.88. The molecular formula is C19H33NO8. The van der Waals surface area contributed by atoms with E-state index < -0.39 is 35.5 Å². The van der Waals surface area contributed by atoms with E-state index in [1.165, 1.54) is 0 Å². The van der Waals surface area contributed by atoms with E-state index in [9.17, 15) is 14.4 Å². The highest BCUT2D eigenvalue weighted by Gasteiger charge is 2.51. The zero-order chi connectivity index (χ0) is 21.2. The number of hydrogen-bond donors (Lipinski definition) is 1. The van der Waals surface area contributed by atoms with Gasteiger partial charge in [-0.2, -0.15) is 0 Å². The first-order chi connectivity index (χ1) is 13.1. The van der Waals surface area contributed by atoms with Gasteiger partial charge in [0.1, 0.15) is 5.60 Å². The Labute approximate surface area is 166 Å². The molecule has 28 heavy (non-hydrogen) atoms. The van der Waals surface area contributed by atoms with Crippen LogP contribution in [-0.4, -0.2) is 61.9 Å². The standard InChI is InChI=1S/C19H33NO8/c1-6-24-15(21)19(16(22)25-7-2,20-17(23)28-18(3,4)5)11-13-27-14-10-8-9-12-26-14/h14H,6-13H2,1-5H3,(H,20,23). The minimum absolute atomic E-state index is 0.0158. The molecule has 0 saturated carbocycles. The zero-order valence-corrected chi connectivity index (χ0v) is 17.5. The Morgan fingerprint density at radius 2 is 1.64 bits per heavy atom. The van der Waals surface area contributed by atoms with Crippen molar-refractivity contribution in [3.05, 3.63) is 0 Å². The van der Waals surface area contributed by atoms with Gasteiger partial charge in [-0.15, -0.1) is 0 Å². The summed E-state index contributed by atoms with van der Waals surface area (Å²) in [6.45, 7) is 8.87. The van der Waals surface area contributed by atoms with Gasteiger partial charge >= 0.3 is 18.0 Å². The molecule has 1 aliphatic rings. The van der Waals surface area contributed by atoms with Crippen molar-refractivity contribution in [1.29, 1.82) is 0 Å². The minimum Gasteiger partial charge on any atom is -0.464 e. The van der Waals surface area contributed by atoms with Crippen LogP contribution in [0.15, 0.2) is 0 Å². The molecule has 1 atom stereocenters. The van der Waals surface area contributed by atoms with Gasteiger partial charge in [0, 0.05) is 13.0 Å². The topological polar surface area (TPSA) is 109 Å². The van der Waals surface area contributed by atoms with E-state index in [4.69, 9.17) is 23.7 Å². The number of carbonyl (C=O) groups excluding carboxylic acids is 3. The second-order valence-electron chi connectivity index (χ2n) is 7.39. The van der Waals surface area contributed by atoms with E-state index in [1.807, 2.05) is 0 Å². The van der Waals surface area contributed by atoms with Gasteiger partial charge in [0.25, 0.3) is 0 Å². The van der Waals surface area contributed by atoms with Crippen LogP contribution in [0, 0.1) is 0 Å². The molecule has 0 aromatic heterocycles. The molecule has 162 valence electrons. The van der Waals surface area contributed by atoms with Gasteiger partial charge in [-0.3, -0.25) is 5.32 Å². The second-order valence-corrected chi connectivity index (χ2v) is 7.39. The Balaban J connectivity index is 2.98. The van der Waals surface area contributed by atoms with Crippen molar-refractivity contribution in [2.45, 2.75) is 77.7 Å². The average molecular weight is 403 g/mol. The van der Waals surface area contributed by atoms with E-state index in [-0.39, 0.29) is 26.2 Å². The minimum atomic E-state index is -2.07. The lowest BCUT2D eigenvalue weighted by Crippen LogP contribution is -2.62. The molecule has 0 aromatic carbocycles. The summed E-state index contributed by atoms with van der Waals surface area (Å²) in [7, 11) is 0. The summed E-state index contributed by atoms with van der Waals surface area (Å²) >= 11 is 0. The monoisotopic (exact) mass is 403 g/mol. The molecule has 1 saturated heterocycles. The molecule has 1 fully saturated rings. The van der Waals surface area contributed by atoms with E-state index in [1.54, 1.807) is 34.6 Å². The van der Waals surface area contributed by atoms with Gasteiger partial charge < -0.3 is 23.7 Å². The summed E-state index contributed by atoms with van der Waals surface area (Å²) < 4.78 is 26.5. The SMILES string of the molecule is CCOC(=O)C(CCOC1CCCCO1)(NC(=O)OC(C)(C)C)C(=O)OCC. The zero-order valence-electron chi connectivity index (χ0n) is 17.5. The second kappa shape index (κ2) is 11.2. The maximum atomic E-state index is 12.7. The molecule has 1 N–H and O–H groups in total.